The van der Waals surface area contributed by atoms with Gasteiger partial charge in [0.05, 0.1) is 19.3 Å². The average molecular weight is 296 g/mol. The van der Waals surface area contributed by atoms with Crippen molar-refractivity contribution in [3.63, 3.8) is 0 Å². The highest BCUT2D eigenvalue weighted by atomic mass is 16.5. The lowest BCUT2D eigenvalue weighted by molar-refractivity contribution is 0.104. The van der Waals surface area contributed by atoms with E-state index in [1.165, 1.54) is 0 Å². The van der Waals surface area contributed by atoms with Gasteiger partial charge in [0.15, 0.2) is 5.78 Å². The summed E-state index contributed by atoms with van der Waals surface area (Å²) in [5.74, 6) is 1.26. The van der Waals surface area contributed by atoms with E-state index in [4.69, 9.17) is 9.47 Å². The molecule has 0 fully saturated rings. The van der Waals surface area contributed by atoms with Gasteiger partial charge in [-0.15, -0.1) is 0 Å². The largest absolute Gasteiger partial charge is 0.496 e. The number of methoxy groups -OCH3 is 1. The summed E-state index contributed by atoms with van der Waals surface area (Å²) in [6, 6.07) is 13.2. The fourth-order valence-corrected chi connectivity index (χ4v) is 2.17. The fourth-order valence-electron chi connectivity index (χ4n) is 2.17. The molecule has 0 aliphatic carbocycles. The quantitative estimate of drug-likeness (QED) is 0.589. The van der Waals surface area contributed by atoms with E-state index in [0.717, 1.165) is 16.9 Å². The summed E-state index contributed by atoms with van der Waals surface area (Å²) in [7, 11) is 1.57. The Balaban J connectivity index is 2.27. The minimum atomic E-state index is -0.0909. The Kier molecular flexibility index (Phi) is 5.37. The lowest BCUT2D eigenvalue weighted by Crippen LogP contribution is -1.99. The summed E-state index contributed by atoms with van der Waals surface area (Å²) in [5.41, 5.74) is 2.46. The molecule has 0 amide bonds. The van der Waals surface area contributed by atoms with Crippen molar-refractivity contribution < 1.29 is 14.3 Å². The lowest BCUT2D eigenvalue weighted by Gasteiger charge is -2.07. The van der Waals surface area contributed by atoms with Gasteiger partial charge in [0.2, 0.25) is 0 Å². The first kappa shape index (κ1) is 15.8. The third-order valence-electron chi connectivity index (χ3n) is 3.25. The van der Waals surface area contributed by atoms with Gasteiger partial charge >= 0.3 is 0 Å². The van der Waals surface area contributed by atoms with Gasteiger partial charge in [-0.3, -0.25) is 4.79 Å². The molecule has 0 radical (unpaired) electrons. The number of ketones is 1. The molecule has 0 aliphatic rings. The van der Waals surface area contributed by atoms with Crippen LogP contribution >= 0.6 is 0 Å². The fraction of sp³-hybridized carbons (Fsp3) is 0.211. The predicted octanol–water partition coefficient (Wildman–Crippen LogP) is 4.30. The van der Waals surface area contributed by atoms with Gasteiger partial charge < -0.3 is 9.47 Å². The molecular formula is C19H20O3. The van der Waals surface area contributed by atoms with Crippen molar-refractivity contribution in [1.29, 1.82) is 0 Å². The minimum absolute atomic E-state index is 0.0909. The summed E-state index contributed by atoms with van der Waals surface area (Å²) in [6.07, 6.45) is 3.32. The molecule has 0 spiro atoms. The van der Waals surface area contributed by atoms with Crippen LogP contribution in [0.15, 0.2) is 48.5 Å². The normalized spacial score (nSPS) is 10.7. The number of hydrogen-bond donors (Lipinski definition) is 0. The summed E-state index contributed by atoms with van der Waals surface area (Å²) in [4.78, 5) is 12.4. The summed E-state index contributed by atoms with van der Waals surface area (Å²) < 4.78 is 10.8. The van der Waals surface area contributed by atoms with E-state index in [-0.39, 0.29) is 5.78 Å². The second-order valence-corrected chi connectivity index (χ2v) is 4.87. The summed E-state index contributed by atoms with van der Waals surface area (Å²) in [6.45, 7) is 4.47. The summed E-state index contributed by atoms with van der Waals surface area (Å²) >= 11 is 0. The molecule has 0 atom stereocenters. The van der Waals surface area contributed by atoms with Gasteiger partial charge in [-0.05, 0) is 44.2 Å². The van der Waals surface area contributed by atoms with Gasteiger partial charge in [0, 0.05) is 5.56 Å². The third kappa shape index (κ3) is 3.76. The van der Waals surface area contributed by atoms with Crippen LogP contribution < -0.4 is 9.47 Å². The molecule has 2 aromatic carbocycles. The Hall–Kier alpha value is -2.55. The molecule has 0 N–H and O–H groups in total. The number of carbonyl (C=O) groups excluding carboxylic acids is 1. The number of aryl methyl sites for hydroxylation is 1. The van der Waals surface area contributed by atoms with Gasteiger partial charge in [-0.1, -0.05) is 29.8 Å². The number of para-hydroxylation sites is 1. The number of hydrogen-bond acceptors (Lipinski definition) is 3. The molecule has 0 aliphatic heterocycles. The third-order valence-corrected chi connectivity index (χ3v) is 3.25. The standard InChI is InChI=1S/C19H20O3/c1-4-22-18-8-6-5-7-15(18)10-11-17(20)16-13-14(2)9-12-19(16)21-3/h5-13H,4H2,1-3H3/b11-10+. The van der Waals surface area contributed by atoms with Gasteiger partial charge in [0.1, 0.15) is 11.5 Å². The van der Waals surface area contributed by atoms with Gasteiger partial charge in [-0.2, -0.15) is 0 Å². The van der Waals surface area contributed by atoms with E-state index in [1.807, 2.05) is 56.3 Å². The van der Waals surface area contributed by atoms with Crippen molar-refractivity contribution in [1.82, 2.24) is 0 Å². The maximum absolute atomic E-state index is 12.4. The van der Waals surface area contributed by atoms with E-state index < -0.39 is 0 Å². The Morgan fingerprint density at radius 1 is 1.14 bits per heavy atom. The molecule has 2 aromatic rings. The van der Waals surface area contributed by atoms with Crippen molar-refractivity contribution in [3.8, 4) is 11.5 Å². The van der Waals surface area contributed by atoms with Crippen LogP contribution in [-0.4, -0.2) is 19.5 Å². The van der Waals surface area contributed by atoms with Crippen molar-refractivity contribution in [2.75, 3.05) is 13.7 Å². The smallest absolute Gasteiger partial charge is 0.189 e. The number of benzene rings is 2. The highest BCUT2D eigenvalue weighted by Gasteiger charge is 2.10. The van der Waals surface area contributed by atoms with Crippen LogP contribution in [0.25, 0.3) is 6.08 Å². The van der Waals surface area contributed by atoms with Crippen LogP contribution in [0.5, 0.6) is 11.5 Å². The van der Waals surface area contributed by atoms with Crippen LogP contribution in [0.1, 0.15) is 28.4 Å². The molecule has 0 unspecified atom stereocenters. The first-order chi connectivity index (χ1) is 10.7. The molecule has 0 heterocycles. The first-order valence-corrected chi connectivity index (χ1v) is 7.24. The van der Waals surface area contributed by atoms with Crippen molar-refractivity contribution in [2.45, 2.75) is 13.8 Å². The Labute approximate surface area is 131 Å². The number of allylic oxidation sites excluding steroid dienone is 1. The molecule has 3 heteroatoms. The summed E-state index contributed by atoms with van der Waals surface area (Å²) in [5, 5.41) is 0. The highest BCUT2D eigenvalue weighted by Crippen LogP contribution is 2.23. The zero-order valence-electron chi connectivity index (χ0n) is 13.1. The molecule has 114 valence electrons. The highest BCUT2D eigenvalue weighted by molar-refractivity contribution is 6.08. The maximum atomic E-state index is 12.4. The van der Waals surface area contributed by atoms with Crippen LogP contribution in [0.3, 0.4) is 0 Å². The second-order valence-electron chi connectivity index (χ2n) is 4.87. The Bertz CT molecular complexity index is 687. The molecule has 0 aromatic heterocycles. The topological polar surface area (TPSA) is 35.5 Å². The monoisotopic (exact) mass is 296 g/mol. The van der Waals surface area contributed by atoms with Crippen molar-refractivity contribution in [2.24, 2.45) is 0 Å². The molecule has 2 rings (SSSR count). The average Bonchev–Trinajstić information content (AvgIpc) is 2.54. The SMILES string of the molecule is CCOc1ccccc1/C=C/C(=O)c1cc(C)ccc1OC. The zero-order chi connectivity index (χ0) is 15.9. The van der Waals surface area contributed by atoms with E-state index in [1.54, 1.807) is 19.3 Å². The molecule has 0 saturated heterocycles. The Morgan fingerprint density at radius 3 is 2.64 bits per heavy atom. The number of carbonyl (C=O) groups is 1. The van der Waals surface area contributed by atoms with Gasteiger partial charge in [-0.25, -0.2) is 0 Å². The van der Waals surface area contributed by atoms with Crippen LogP contribution in [-0.2, 0) is 0 Å². The van der Waals surface area contributed by atoms with Crippen molar-refractivity contribution in [3.05, 3.63) is 65.2 Å². The van der Waals surface area contributed by atoms with Crippen LogP contribution in [0, 0.1) is 6.92 Å². The maximum Gasteiger partial charge on any atom is 0.189 e. The second kappa shape index (κ2) is 7.46. The predicted molar refractivity (Wildman–Crippen MR) is 88.7 cm³/mol. The number of ether oxygens (including phenoxy) is 2. The molecule has 22 heavy (non-hydrogen) atoms. The minimum Gasteiger partial charge on any atom is -0.496 e. The number of rotatable bonds is 6. The molecule has 0 bridgehead atoms. The van der Waals surface area contributed by atoms with E-state index in [0.29, 0.717) is 17.9 Å². The van der Waals surface area contributed by atoms with Crippen molar-refractivity contribution >= 4 is 11.9 Å². The lowest BCUT2D eigenvalue weighted by atomic mass is 10.0. The van der Waals surface area contributed by atoms with E-state index in [9.17, 15) is 4.79 Å². The van der Waals surface area contributed by atoms with E-state index >= 15 is 0 Å². The zero-order valence-corrected chi connectivity index (χ0v) is 13.1. The van der Waals surface area contributed by atoms with Crippen LogP contribution in [0.4, 0.5) is 0 Å². The van der Waals surface area contributed by atoms with Crippen LogP contribution in [0.2, 0.25) is 0 Å². The first-order valence-electron chi connectivity index (χ1n) is 7.24. The van der Waals surface area contributed by atoms with Gasteiger partial charge in [0.25, 0.3) is 0 Å². The molecule has 3 nitrogen and oxygen atoms in total. The van der Waals surface area contributed by atoms with E-state index in [2.05, 4.69) is 0 Å². The Morgan fingerprint density at radius 2 is 1.91 bits per heavy atom. The molecule has 0 saturated carbocycles. The molecular weight excluding hydrogens is 276 g/mol.